The number of sulfonamides is 1. The molecule has 0 bridgehead atoms. The Morgan fingerprint density at radius 3 is 2.66 bits per heavy atom. The van der Waals surface area contributed by atoms with Gasteiger partial charge in [0.15, 0.2) is 5.13 Å². The van der Waals surface area contributed by atoms with Crippen LogP contribution in [0.4, 0.5) is 5.13 Å². The van der Waals surface area contributed by atoms with E-state index in [0.717, 1.165) is 11.3 Å². The lowest BCUT2D eigenvalue weighted by Gasteiger charge is -2.09. The van der Waals surface area contributed by atoms with E-state index in [1.165, 1.54) is 29.6 Å². The van der Waals surface area contributed by atoms with Crippen molar-refractivity contribution in [1.82, 2.24) is 4.98 Å². The second kappa shape index (κ2) is 8.48. The lowest BCUT2D eigenvalue weighted by atomic mass is 10.2. The number of anilines is 1. The van der Waals surface area contributed by atoms with E-state index < -0.39 is 16.0 Å². The first kappa shape index (κ1) is 20.6. The number of rotatable bonds is 7. The third-order valence-electron chi connectivity index (χ3n) is 3.55. The summed E-state index contributed by atoms with van der Waals surface area (Å²) < 4.78 is 32.9. The number of hydrogen-bond donors (Lipinski definition) is 2. The smallest absolute Gasteiger partial charge is 0.309 e. The molecule has 2 aromatic carbocycles. The molecule has 0 unspecified atom stereocenters. The molecule has 0 saturated carbocycles. The Labute approximate surface area is 175 Å². The number of carbonyl (C=O) groups is 1. The Hall–Kier alpha value is -3.13. The molecular formula is C18H12ClN3O5S2. The van der Waals surface area contributed by atoms with Crippen molar-refractivity contribution in [1.29, 1.82) is 5.26 Å². The van der Waals surface area contributed by atoms with E-state index in [1.54, 1.807) is 18.2 Å². The molecule has 0 atom stereocenters. The SMILES string of the molecule is N#Cc1c(Cl)cccc1Oc1ccc(S(=O)(=O)Nc2nc(CC(=O)O)cs2)cc1. The van der Waals surface area contributed by atoms with Crippen LogP contribution in [0.1, 0.15) is 11.3 Å². The fraction of sp³-hybridized carbons (Fsp3) is 0.0556. The van der Waals surface area contributed by atoms with Gasteiger partial charge < -0.3 is 9.84 Å². The molecule has 0 saturated heterocycles. The van der Waals surface area contributed by atoms with E-state index in [0.29, 0.717) is 5.75 Å². The van der Waals surface area contributed by atoms with E-state index in [2.05, 4.69) is 9.71 Å². The third kappa shape index (κ3) is 5.03. The minimum absolute atomic E-state index is 0.0357. The lowest BCUT2D eigenvalue weighted by molar-refractivity contribution is -0.136. The fourth-order valence-corrected chi connectivity index (χ4v) is 4.45. The van der Waals surface area contributed by atoms with Crippen molar-refractivity contribution in [3.8, 4) is 17.6 Å². The summed E-state index contributed by atoms with van der Waals surface area (Å²) in [5.41, 5.74) is 0.437. The average Bonchev–Trinajstić information content (AvgIpc) is 3.07. The Balaban J connectivity index is 1.75. The van der Waals surface area contributed by atoms with Crippen LogP contribution in [0.25, 0.3) is 0 Å². The van der Waals surface area contributed by atoms with E-state index >= 15 is 0 Å². The molecule has 8 nitrogen and oxygen atoms in total. The first-order valence-electron chi connectivity index (χ1n) is 7.94. The van der Waals surface area contributed by atoms with Crippen LogP contribution >= 0.6 is 22.9 Å². The molecule has 148 valence electrons. The van der Waals surface area contributed by atoms with Gasteiger partial charge in [-0.05, 0) is 36.4 Å². The zero-order valence-corrected chi connectivity index (χ0v) is 16.9. The van der Waals surface area contributed by atoms with Crippen LogP contribution in [0, 0.1) is 11.3 Å². The fourth-order valence-electron chi connectivity index (χ4n) is 2.28. The van der Waals surface area contributed by atoms with E-state index in [1.807, 2.05) is 6.07 Å². The number of benzene rings is 2. The first-order valence-corrected chi connectivity index (χ1v) is 10.7. The van der Waals surface area contributed by atoms with Crippen molar-refractivity contribution in [3.63, 3.8) is 0 Å². The number of hydrogen-bond acceptors (Lipinski definition) is 7. The quantitative estimate of drug-likeness (QED) is 0.559. The molecule has 0 fully saturated rings. The van der Waals surface area contributed by atoms with Crippen LogP contribution in [-0.2, 0) is 21.2 Å². The van der Waals surface area contributed by atoms with Gasteiger partial charge in [0.2, 0.25) is 0 Å². The molecule has 0 amide bonds. The number of thiazole rings is 1. The van der Waals surface area contributed by atoms with Gasteiger partial charge >= 0.3 is 5.97 Å². The number of aliphatic carboxylic acids is 1. The van der Waals surface area contributed by atoms with Crippen molar-refractivity contribution in [3.05, 3.63) is 64.1 Å². The predicted molar refractivity (Wildman–Crippen MR) is 107 cm³/mol. The van der Waals surface area contributed by atoms with Gasteiger partial charge in [-0.25, -0.2) is 13.4 Å². The summed E-state index contributed by atoms with van der Waals surface area (Å²) in [6.45, 7) is 0. The molecule has 0 aliphatic heterocycles. The highest BCUT2D eigenvalue weighted by Crippen LogP contribution is 2.30. The molecule has 0 aliphatic rings. The van der Waals surface area contributed by atoms with Gasteiger partial charge in [-0.3, -0.25) is 9.52 Å². The van der Waals surface area contributed by atoms with Gasteiger partial charge in [0.1, 0.15) is 23.1 Å². The van der Waals surface area contributed by atoms with Crippen LogP contribution in [-0.4, -0.2) is 24.5 Å². The number of ether oxygens (including phenoxy) is 1. The lowest BCUT2D eigenvalue weighted by Crippen LogP contribution is -2.13. The molecule has 11 heteroatoms. The maximum atomic E-state index is 12.5. The average molecular weight is 450 g/mol. The molecule has 2 N–H and O–H groups in total. The van der Waals surface area contributed by atoms with Gasteiger partial charge in [-0.2, -0.15) is 5.26 Å². The summed E-state index contributed by atoms with van der Waals surface area (Å²) in [4.78, 5) is 14.6. The number of nitrogens with zero attached hydrogens (tertiary/aromatic N) is 2. The second-order valence-corrected chi connectivity index (χ2v) is 8.57. The predicted octanol–water partition coefficient (Wildman–Crippen LogP) is 3.89. The molecule has 3 rings (SSSR count). The maximum absolute atomic E-state index is 12.5. The summed E-state index contributed by atoms with van der Waals surface area (Å²) in [6.07, 6.45) is -0.293. The van der Waals surface area contributed by atoms with E-state index in [4.69, 9.17) is 21.4 Å². The van der Waals surface area contributed by atoms with Crippen molar-refractivity contribution in [2.24, 2.45) is 0 Å². The number of nitriles is 1. The van der Waals surface area contributed by atoms with Gasteiger partial charge in [0, 0.05) is 5.38 Å². The maximum Gasteiger partial charge on any atom is 0.309 e. The van der Waals surface area contributed by atoms with Crippen molar-refractivity contribution in [2.75, 3.05) is 4.72 Å². The second-order valence-electron chi connectivity index (χ2n) is 5.62. The highest BCUT2D eigenvalue weighted by Gasteiger charge is 2.17. The normalized spacial score (nSPS) is 10.9. The minimum Gasteiger partial charge on any atom is -0.481 e. The number of carboxylic acid groups (broad SMARTS) is 1. The molecule has 0 aliphatic carbocycles. The van der Waals surface area contributed by atoms with Crippen LogP contribution in [0.5, 0.6) is 11.5 Å². The molecule has 29 heavy (non-hydrogen) atoms. The van der Waals surface area contributed by atoms with Crippen molar-refractivity contribution in [2.45, 2.75) is 11.3 Å². The highest BCUT2D eigenvalue weighted by molar-refractivity contribution is 7.93. The summed E-state index contributed by atoms with van der Waals surface area (Å²) in [5.74, 6) is -0.484. The van der Waals surface area contributed by atoms with Gasteiger partial charge in [-0.15, -0.1) is 11.3 Å². The molecular weight excluding hydrogens is 438 g/mol. The Bertz CT molecular complexity index is 1200. The van der Waals surface area contributed by atoms with Gasteiger partial charge in [0.05, 0.1) is 22.0 Å². The largest absolute Gasteiger partial charge is 0.481 e. The van der Waals surface area contributed by atoms with Crippen molar-refractivity contribution < 1.29 is 23.1 Å². The van der Waals surface area contributed by atoms with Crippen LogP contribution in [0.3, 0.4) is 0 Å². The monoisotopic (exact) mass is 449 g/mol. The van der Waals surface area contributed by atoms with Gasteiger partial charge in [-0.1, -0.05) is 17.7 Å². The number of carboxylic acids is 1. The van der Waals surface area contributed by atoms with E-state index in [-0.39, 0.29) is 38.5 Å². The molecule has 1 aromatic heterocycles. The first-order chi connectivity index (χ1) is 13.8. The zero-order chi connectivity index (χ0) is 21.0. The zero-order valence-electron chi connectivity index (χ0n) is 14.5. The summed E-state index contributed by atoms with van der Waals surface area (Å²) in [6, 6.07) is 12.3. The molecule has 3 aromatic rings. The number of halogens is 1. The van der Waals surface area contributed by atoms with Crippen LogP contribution in [0.2, 0.25) is 5.02 Å². The molecule has 1 heterocycles. The van der Waals surface area contributed by atoms with Crippen LogP contribution in [0.15, 0.2) is 52.7 Å². The van der Waals surface area contributed by atoms with Gasteiger partial charge in [0.25, 0.3) is 10.0 Å². The number of nitrogens with one attached hydrogen (secondary N) is 1. The molecule has 0 radical (unpaired) electrons. The highest BCUT2D eigenvalue weighted by atomic mass is 35.5. The van der Waals surface area contributed by atoms with Crippen molar-refractivity contribution >= 4 is 44.1 Å². The number of aromatic nitrogens is 1. The Morgan fingerprint density at radius 1 is 1.28 bits per heavy atom. The topological polar surface area (TPSA) is 129 Å². The standard InChI is InChI=1S/C18H12ClN3O5S2/c19-15-2-1-3-16(14(15)9-20)27-12-4-6-13(7-5-12)29(25,26)22-18-21-11(10-28-18)8-17(23)24/h1-7,10H,8H2,(H,21,22)(H,23,24). The third-order valence-corrected chi connectivity index (χ3v) is 6.16. The van der Waals surface area contributed by atoms with E-state index in [9.17, 15) is 18.5 Å². The molecule has 0 spiro atoms. The summed E-state index contributed by atoms with van der Waals surface area (Å²) in [7, 11) is -3.92. The Morgan fingerprint density at radius 2 is 2.00 bits per heavy atom. The summed E-state index contributed by atoms with van der Waals surface area (Å²) >= 11 is 6.95. The Kier molecular flexibility index (Phi) is 6.03. The van der Waals surface area contributed by atoms with Crippen LogP contribution < -0.4 is 9.46 Å². The summed E-state index contributed by atoms with van der Waals surface area (Å²) in [5, 5.41) is 19.7. The minimum atomic E-state index is -3.92.